The molecule has 2 N–H and O–H groups in total. The summed E-state index contributed by atoms with van der Waals surface area (Å²) in [5, 5.41) is 0. The van der Waals surface area contributed by atoms with Crippen molar-refractivity contribution in [1.29, 1.82) is 0 Å². The summed E-state index contributed by atoms with van der Waals surface area (Å²) in [7, 11) is 0. The first-order valence-corrected chi connectivity index (χ1v) is 9.65. The Morgan fingerprint density at radius 1 is 1.22 bits per heavy atom. The van der Waals surface area contributed by atoms with Crippen LogP contribution in [0.1, 0.15) is 42.0 Å². The summed E-state index contributed by atoms with van der Waals surface area (Å²) in [6, 6.07) is 11.9. The largest absolute Gasteiger partial charge is 0.466 e. The monoisotopic (exact) mass is 364 g/mol. The van der Waals surface area contributed by atoms with Crippen molar-refractivity contribution < 1.29 is 9.21 Å². The van der Waals surface area contributed by atoms with Crippen molar-refractivity contribution in [2.75, 3.05) is 13.1 Å². The zero-order valence-corrected chi connectivity index (χ0v) is 15.5. The number of nitrogens with zero attached hydrogens (tertiary/aromatic N) is 3. The number of likely N-dealkylation sites (tertiary alicyclic amines) is 1. The molecule has 0 spiro atoms. The maximum atomic E-state index is 13.1. The molecule has 6 heteroatoms. The van der Waals surface area contributed by atoms with Gasteiger partial charge in [-0.1, -0.05) is 12.1 Å². The lowest BCUT2D eigenvalue weighted by molar-refractivity contribution is -0.130. The highest BCUT2D eigenvalue weighted by Gasteiger charge is 2.36. The van der Waals surface area contributed by atoms with Gasteiger partial charge in [-0.15, -0.1) is 0 Å². The number of fused-ring (bicyclic) bond motifs is 1. The molecule has 140 valence electrons. The van der Waals surface area contributed by atoms with E-state index in [9.17, 15) is 4.79 Å². The van der Waals surface area contributed by atoms with Crippen molar-refractivity contribution >= 4 is 16.9 Å². The first-order chi connectivity index (χ1) is 13.1. The molecule has 6 nitrogen and oxygen atoms in total. The van der Waals surface area contributed by atoms with E-state index in [0.29, 0.717) is 25.6 Å². The highest BCUT2D eigenvalue weighted by molar-refractivity contribution is 5.81. The normalized spacial score (nSPS) is 22.7. The number of carbonyl (C=O) groups excluding carboxylic acids is 1. The van der Waals surface area contributed by atoms with Gasteiger partial charge in [0, 0.05) is 25.0 Å². The lowest BCUT2D eigenvalue weighted by Crippen LogP contribution is -2.34. The van der Waals surface area contributed by atoms with Crippen molar-refractivity contribution in [3.8, 4) is 0 Å². The summed E-state index contributed by atoms with van der Waals surface area (Å²) in [5.74, 6) is 3.45. The van der Waals surface area contributed by atoms with E-state index in [1.165, 1.54) is 0 Å². The second kappa shape index (κ2) is 6.23. The van der Waals surface area contributed by atoms with Gasteiger partial charge in [-0.25, -0.2) is 4.98 Å². The maximum Gasteiger partial charge on any atom is 0.242 e. The molecule has 1 saturated heterocycles. The lowest BCUT2D eigenvalue weighted by Gasteiger charge is -2.17. The molecule has 1 aliphatic carbocycles. The molecule has 2 atom stereocenters. The van der Waals surface area contributed by atoms with Crippen molar-refractivity contribution in [1.82, 2.24) is 14.5 Å². The molecule has 0 bridgehead atoms. The van der Waals surface area contributed by atoms with Gasteiger partial charge < -0.3 is 19.6 Å². The molecule has 1 amide bonds. The van der Waals surface area contributed by atoms with E-state index in [1.54, 1.807) is 0 Å². The number of hydrogen-bond donors (Lipinski definition) is 1. The van der Waals surface area contributed by atoms with E-state index < -0.39 is 0 Å². The third-order valence-corrected chi connectivity index (χ3v) is 5.76. The number of aryl methyl sites for hydroxylation is 1. The smallest absolute Gasteiger partial charge is 0.242 e. The number of aromatic nitrogens is 2. The van der Waals surface area contributed by atoms with Crippen molar-refractivity contribution in [3.63, 3.8) is 0 Å². The van der Waals surface area contributed by atoms with Crippen LogP contribution in [0.4, 0.5) is 0 Å². The van der Waals surface area contributed by atoms with E-state index in [1.807, 2.05) is 48.2 Å². The molecule has 0 unspecified atom stereocenters. The predicted octanol–water partition coefficient (Wildman–Crippen LogP) is 2.77. The number of benzene rings is 1. The van der Waals surface area contributed by atoms with Crippen molar-refractivity contribution in [2.45, 2.75) is 44.2 Å². The molecule has 0 radical (unpaired) electrons. The molecule has 27 heavy (non-hydrogen) atoms. The minimum Gasteiger partial charge on any atom is -0.466 e. The first kappa shape index (κ1) is 16.6. The van der Waals surface area contributed by atoms with Crippen LogP contribution in [0.2, 0.25) is 0 Å². The second-order valence-corrected chi connectivity index (χ2v) is 7.84. The summed E-state index contributed by atoms with van der Waals surface area (Å²) in [5.41, 5.74) is 8.33. The molecule has 1 aliphatic heterocycles. The van der Waals surface area contributed by atoms with Crippen LogP contribution in [-0.2, 0) is 11.3 Å². The molecule has 2 aromatic heterocycles. The molecule has 2 fully saturated rings. The van der Waals surface area contributed by atoms with Crippen LogP contribution >= 0.6 is 0 Å². The van der Waals surface area contributed by atoms with E-state index in [-0.39, 0.29) is 17.9 Å². The topological polar surface area (TPSA) is 77.3 Å². The number of rotatable bonds is 4. The zero-order valence-electron chi connectivity index (χ0n) is 15.5. The van der Waals surface area contributed by atoms with Crippen LogP contribution in [0.3, 0.4) is 0 Å². The summed E-state index contributed by atoms with van der Waals surface area (Å²) in [6.45, 7) is 3.42. The Bertz CT molecular complexity index is 1000. The second-order valence-electron chi connectivity index (χ2n) is 7.84. The van der Waals surface area contributed by atoms with E-state index in [2.05, 4.69) is 4.57 Å². The standard InChI is InChI=1S/C21H24N4O2/c1-13-6-9-19(27-13)15-10-24(11-16(15)22)20(26)12-25-18-5-3-2-4-17(18)23-21(25)14-7-8-14/h2-6,9,14-16H,7-8,10-12,22H2,1H3/t15-,16-/m0/s1. The van der Waals surface area contributed by atoms with Crippen molar-refractivity contribution in [2.24, 2.45) is 5.73 Å². The van der Waals surface area contributed by atoms with Gasteiger partial charge in [0.15, 0.2) is 0 Å². The molecular formula is C21H24N4O2. The average Bonchev–Trinajstić information content (AvgIpc) is 3.14. The van der Waals surface area contributed by atoms with Gasteiger partial charge in [-0.3, -0.25) is 4.79 Å². The summed E-state index contributed by atoms with van der Waals surface area (Å²) >= 11 is 0. The third-order valence-electron chi connectivity index (χ3n) is 5.76. The fourth-order valence-electron chi connectivity index (χ4n) is 4.14. The highest BCUT2D eigenvalue weighted by Crippen LogP contribution is 2.40. The Labute approximate surface area is 158 Å². The van der Waals surface area contributed by atoms with Crippen LogP contribution in [0.15, 0.2) is 40.8 Å². The minimum absolute atomic E-state index is 0.0603. The van der Waals surface area contributed by atoms with Gasteiger partial charge in [-0.2, -0.15) is 0 Å². The maximum absolute atomic E-state index is 13.1. The van der Waals surface area contributed by atoms with E-state index in [0.717, 1.165) is 41.2 Å². The number of amides is 1. The van der Waals surface area contributed by atoms with Crippen LogP contribution in [-0.4, -0.2) is 39.5 Å². The Balaban J connectivity index is 1.38. The number of imidazole rings is 1. The number of hydrogen-bond acceptors (Lipinski definition) is 4. The summed E-state index contributed by atoms with van der Waals surface area (Å²) < 4.78 is 7.86. The van der Waals surface area contributed by atoms with Gasteiger partial charge in [-0.05, 0) is 44.0 Å². The highest BCUT2D eigenvalue weighted by atomic mass is 16.3. The van der Waals surface area contributed by atoms with Crippen LogP contribution in [0, 0.1) is 6.92 Å². The molecule has 1 saturated carbocycles. The number of para-hydroxylation sites is 2. The van der Waals surface area contributed by atoms with E-state index >= 15 is 0 Å². The number of furan rings is 1. The molecule has 2 aliphatic rings. The Morgan fingerprint density at radius 3 is 2.78 bits per heavy atom. The lowest BCUT2D eigenvalue weighted by atomic mass is 10.0. The zero-order chi connectivity index (χ0) is 18.5. The van der Waals surface area contributed by atoms with Crippen LogP contribution in [0.5, 0.6) is 0 Å². The average molecular weight is 364 g/mol. The fourth-order valence-corrected chi connectivity index (χ4v) is 4.14. The van der Waals surface area contributed by atoms with Gasteiger partial charge >= 0.3 is 0 Å². The SMILES string of the molecule is Cc1ccc([C@H]2CN(C(=O)Cn3c(C4CC4)nc4ccccc43)C[C@@H]2N)o1. The molecule has 5 rings (SSSR count). The molecule has 3 aromatic rings. The molecular weight excluding hydrogens is 340 g/mol. The minimum atomic E-state index is -0.0954. The summed E-state index contributed by atoms with van der Waals surface area (Å²) in [6.07, 6.45) is 2.32. The molecule has 3 heterocycles. The van der Waals surface area contributed by atoms with Crippen LogP contribution < -0.4 is 5.73 Å². The Morgan fingerprint density at radius 2 is 2.04 bits per heavy atom. The quantitative estimate of drug-likeness (QED) is 0.772. The first-order valence-electron chi connectivity index (χ1n) is 9.65. The van der Waals surface area contributed by atoms with E-state index in [4.69, 9.17) is 15.1 Å². The third kappa shape index (κ3) is 2.94. The number of nitrogens with two attached hydrogens (primary N) is 1. The Kier molecular flexibility index (Phi) is 3.82. The number of carbonyl (C=O) groups is 1. The van der Waals surface area contributed by atoms with Crippen LogP contribution in [0.25, 0.3) is 11.0 Å². The van der Waals surface area contributed by atoms with Crippen molar-refractivity contribution in [3.05, 3.63) is 53.7 Å². The molecule has 1 aromatic carbocycles. The Hall–Kier alpha value is -2.60. The summed E-state index contributed by atoms with van der Waals surface area (Å²) in [4.78, 5) is 19.7. The predicted molar refractivity (Wildman–Crippen MR) is 102 cm³/mol. The van der Waals surface area contributed by atoms with Gasteiger partial charge in [0.2, 0.25) is 5.91 Å². The van der Waals surface area contributed by atoms with Gasteiger partial charge in [0.1, 0.15) is 23.9 Å². The van der Waals surface area contributed by atoms with Gasteiger partial charge in [0.25, 0.3) is 0 Å². The fraction of sp³-hybridized carbons (Fsp3) is 0.429. The van der Waals surface area contributed by atoms with Gasteiger partial charge in [0.05, 0.1) is 17.0 Å².